The van der Waals surface area contributed by atoms with Crippen LogP contribution in [0.3, 0.4) is 0 Å². The molecule has 4 aromatic rings. The monoisotopic (exact) mass is 689 g/mol. The molecule has 0 aliphatic carbocycles. The molecule has 0 saturated carbocycles. The van der Waals surface area contributed by atoms with Crippen molar-refractivity contribution in [2.24, 2.45) is 0 Å². The summed E-state index contributed by atoms with van der Waals surface area (Å²) in [5, 5.41) is 8.10. The van der Waals surface area contributed by atoms with E-state index in [-0.39, 0.29) is 16.9 Å². The lowest BCUT2D eigenvalue weighted by molar-refractivity contribution is -0.115. The number of halogens is 1. The SMILES string of the molecule is COc1cc(/C=C(\NC(=O)c2ccccc2)C(=O)Nc2ccc(SC(C)C(=O)Nc3ccc(Br)cc3)cc2)cc(OC)c1OC. The first kappa shape index (κ1) is 33.2. The Hall–Kier alpha value is -4.74. The first-order chi connectivity index (χ1) is 21.7. The fourth-order valence-electron chi connectivity index (χ4n) is 4.14. The van der Waals surface area contributed by atoms with Crippen LogP contribution in [0.4, 0.5) is 11.4 Å². The van der Waals surface area contributed by atoms with E-state index in [1.54, 1.807) is 54.6 Å². The standard InChI is InChI=1S/C34H32BrN3O6S/c1-21(32(39)36-25-12-10-24(35)11-13-25)45-27-16-14-26(15-17-27)37-34(41)28(38-33(40)23-8-6-5-7-9-23)18-22-19-29(42-2)31(44-4)30(20-22)43-3/h5-21H,1-4H3,(H,36,39)(H,37,41)(H,38,40)/b28-18-. The van der Waals surface area contributed by atoms with Gasteiger partial charge in [0.05, 0.1) is 26.6 Å². The molecule has 0 heterocycles. The molecule has 0 radical (unpaired) electrons. The average Bonchev–Trinajstić information content (AvgIpc) is 3.06. The number of hydrogen-bond donors (Lipinski definition) is 3. The van der Waals surface area contributed by atoms with Crippen LogP contribution in [0.2, 0.25) is 0 Å². The van der Waals surface area contributed by atoms with Gasteiger partial charge in [0.2, 0.25) is 11.7 Å². The highest BCUT2D eigenvalue weighted by atomic mass is 79.9. The highest BCUT2D eigenvalue weighted by Gasteiger charge is 2.19. The van der Waals surface area contributed by atoms with Crippen molar-refractivity contribution in [3.63, 3.8) is 0 Å². The van der Waals surface area contributed by atoms with Crippen molar-refractivity contribution in [3.8, 4) is 17.2 Å². The third kappa shape index (κ3) is 9.13. The van der Waals surface area contributed by atoms with Crippen molar-refractivity contribution in [2.45, 2.75) is 17.1 Å². The number of carbonyl (C=O) groups is 3. The molecule has 232 valence electrons. The van der Waals surface area contributed by atoms with Crippen molar-refractivity contribution >= 4 is 62.9 Å². The number of carbonyl (C=O) groups excluding carboxylic acids is 3. The predicted octanol–water partition coefficient (Wildman–Crippen LogP) is 7.00. The zero-order valence-corrected chi connectivity index (χ0v) is 27.5. The molecule has 11 heteroatoms. The molecule has 4 aromatic carbocycles. The first-order valence-corrected chi connectivity index (χ1v) is 15.4. The lowest BCUT2D eigenvalue weighted by Gasteiger charge is -2.15. The predicted molar refractivity (Wildman–Crippen MR) is 181 cm³/mol. The lowest BCUT2D eigenvalue weighted by atomic mass is 10.1. The Morgan fingerprint density at radius 2 is 1.36 bits per heavy atom. The Balaban J connectivity index is 1.51. The Bertz CT molecular complexity index is 1650. The molecule has 0 aliphatic rings. The molecule has 0 aromatic heterocycles. The fraction of sp³-hybridized carbons (Fsp3) is 0.147. The minimum atomic E-state index is -0.546. The Labute approximate surface area is 274 Å². The Kier molecular flexibility index (Phi) is 11.7. The molecule has 0 aliphatic heterocycles. The van der Waals surface area contributed by atoms with Gasteiger partial charge in [0, 0.05) is 26.3 Å². The summed E-state index contributed by atoms with van der Waals surface area (Å²) < 4.78 is 17.2. The summed E-state index contributed by atoms with van der Waals surface area (Å²) in [5.41, 5.74) is 2.13. The number of amides is 3. The normalized spacial score (nSPS) is 11.6. The molecule has 3 N–H and O–H groups in total. The van der Waals surface area contributed by atoms with Gasteiger partial charge in [0.15, 0.2) is 11.5 Å². The Morgan fingerprint density at radius 3 is 1.93 bits per heavy atom. The van der Waals surface area contributed by atoms with Crippen LogP contribution in [0.25, 0.3) is 6.08 Å². The van der Waals surface area contributed by atoms with Gasteiger partial charge in [-0.1, -0.05) is 34.1 Å². The lowest BCUT2D eigenvalue weighted by Crippen LogP contribution is -2.30. The largest absolute Gasteiger partial charge is 0.493 e. The molecule has 0 bridgehead atoms. The summed E-state index contributed by atoms with van der Waals surface area (Å²) in [4.78, 5) is 40.1. The van der Waals surface area contributed by atoms with Gasteiger partial charge >= 0.3 is 0 Å². The maximum Gasteiger partial charge on any atom is 0.272 e. The minimum Gasteiger partial charge on any atom is -0.493 e. The maximum atomic E-state index is 13.5. The van der Waals surface area contributed by atoms with Crippen LogP contribution >= 0.6 is 27.7 Å². The molecule has 0 saturated heterocycles. The minimum absolute atomic E-state index is 0.00480. The van der Waals surface area contributed by atoms with Gasteiger partial charge in [-0.05, 0) is 91.4 Å². The van der Waals surface area contributed by atoms with Crippen LogP contribution in [0.1, 0.15) is 22.8 Å². The van der Waals surface area contributed by atoms with Crippen LogP contribution in [0, 0.1) is 0 Å². The van der Waals surface area contributed by atoms with E-state index in [1.165, 1.54) is 39.2 Å². The number of rotatable bonds is 12. The number of ether oxygens (including phenoxy) is 3. The van der Waals surface area contributed by atoms with Crippen LogP contribution in [0.5, 0.6) is 17.2 Å². The number of benzene rings is 4. The van der Waals surface area contributed by atoms with E-state index < -0.39 is 11.8 Å². The summed E-state index contributed by atoms with van der Waals surface area (Å²) in [5.74, 6) is 0.0578. The molecule has 3 amide bonds. The number of nitrogens with one attached hydrogen (secondary N) is 3. The molecular weight excluding hydrogens is 658 g/mol. The van der Waals surface area contributed by atoms with Crippen molar-refractivity contribution in [2.75, 3.05) is 32.0 Å². The highest BCUT2D eigenvalue weighted by molar-refractivity contribution is 9.10. The highest BCUT2D eigenvalue weighted by Crippen LogP contribution is 2.38. The summed E-state index contributed by atoms with van der Waals surface area (Å²) in [7, 11) is 4.48. The van der Waals surface area contributed by atoms with E-state index in [0.29, 0.717) is 39.8 Å². The molecular formula is C34H32BrN3O6S. The number of anilines is 2. The zero-order chi connectivity index (χ0) is 32.3. The quantitative estimate of drug-likeness (QED) is 0.108. The van der Waals surface area contributed by atoms with Crippen LogP contribution in [0.15, 0.2) is 106 Å². The zero-order valence-electron chi connectivity index (χ0n) is 25.1. The topological polar surface area (TPSA) is 115 Å². The van der Waals surface area contributed by atoms with Gasteiger partial charge in [-0.15, -0.1) is 11.8 Å². The molecule has 4 rings (SSSR count). The van der Waals surface area contributed by atoms with E-state index >= 15 is 0 Å². The molecule has 45 heavy (non-hydrogen) atoms. The van der Waals surface area contributed by atoms with E-state index in [9.17, 15) is 14.4 Å². The first-order valence-electron chi connectivity index (χ1n) is 13.7. The maximum absolute atomic E-state index is 13.5. The Morgan fingerprint density at radius 1 is 0.778 bits per heavy atom. The van der Waals surface area contributed by atoms with Crippen LogP contribution in [-0.2, 0) is 9.59 Å². The van der Waals surface area contributed by atoms with Crippen molar-refractivity contribution in [1.82, 2.24) is 5.32 Å². The van der Waals surface area contributed by atoms with Gasteiger partial charge in [-0.25, -0.2) is 0 Å². The molecule has 0 spiro atoms. The van der Waals surface area contributed by atoms with Gasteiger partial charge in [-0.2, -0.15) is 0 Å². The second-order valence-corrected chi connectivity index (χ2v) is 11.9. The van der Waals surface area contributed by atoms with E-state index in [2.05, 4.69) is 31.9 Å². The van der Waals surface area contributed by atoms with E-state index in [4.69, 9.17) is 14.2 Å². The third-order valence-corrected chi connectivity index (χ3v) is 8.07. The molecule has 1 atom stereocenters. The summed E-state index contributed by atoms with van der Waals surface area (Å²) in [6, 6.07) is 26.4. The molecule has 9 nitrogen and oxygen atoms in total. The number of hydrogen-bond acceptors (Lipinski definition) is 7. The van der Waals surface area contributed by atoms with Crippen molar-refractivity contribution in [1.29, 1.82) is 0 Å². The second-order valence-electron chi connectivity index (χ2n) is 9.57. The summed E-state index contributed by atoms with van der Waals surface area (Å²) >= 11 is 4.77. The third-order valence-electron chi connectivity index (χ3n) is 6.43. The van der Waals surface area contributed by atoms with Crippen LogP contribution in [-0.4, -0.2) is 44.3 Å². The summed E-state index contributed by atoms with van der Waals surface area (Å²) in [6.07, 6.45) is 1.52. The van der Waals surface area contributed by atoms with Gasteiger partial charge in [-0.3, -0.25) is 14.4 Å². The number of methoxy groups -OCH3 is 3. The van der Waals surface area contributed by atoms with Gasteiger partial charge in [0.1, 0.15) is 5.70 Å². The smallest absolute Gasteiger partial charge is 0.272 e. The summed E-state index contributed by atoms with van der Waals surface area (Å²) in [6.45, 7) is 1.82. The van der Waals surface area contributed by atoms with Gasteiger partial charge in [0.25, 0.3) is 11.8 Å². The molecule has 0 fully saturated rings. The second kappa shape index (κ2) is 15.8. The van der Waals surface area contributed by atoms with Crippen molar-refractivity contribution < 1.29 is 28.6 Å². The number of thioether (sulfide) groups is 1. The average molecular weight is 691 g/mol. The van der Waals surface area contributed by atoms with E-state index in [1.807, 2.05) is 43.3 Å². The van der Waals surface area contributed by atoms with Crippen molar-refractivity contribution in [3.05, 3.63) is 112 Å². The fourth-order valence-corrected chi connectivity index (χ4v) is 5.28. The van der Waals surface area contributed by atoms with Gasteiger partial charge < -0.3 is 30.2 Å². The molecule has 1 unspecified atom stereocenters. The van der Waals surface area contributed by atoms with E-state index in [0.717, 1.165) is 9.37 Å². The van der Waals surface area contributed by atoms with Crippen LogP contribution < -0.4 is 30.2 Å².